The summed E-state index contributed by atoms with van der Waals surface area (Å²) in [6, 6.07) is 6.50. The van der Waals surface area contributed by atoms with Crippen molar-refractivity contribution >= 4 is 29.1 Å². The van der Waals surface area contributed by atoms with Crippen LogP contribution < -0.4 is 16.6 Å². The Balaban J connectivity index is 2.37. The molecule has 19 heavy (non-hydrogen) atoms. The van der Waals surface area contributed by atoms with Gasteiger partial charge in [-0.3, -0.25) is 0 Å². The van der Waals surface area contributed by atoms with Crippen molar-refractivity contribution in [1.82, 2.24) is 9.97 Å². The van der Waals surface area contributed by atoms with Gasteiger partial charge in [-0.05, 0) is 24.8 Å². The molecule has 100 valence electrons. The van der Waals surface area contributed by atoms with Crippen LogP contribution in [0, 0.1) is 12.7 Å². The van der Waals surface area contributed by atoms with E-state index in [2.05, 4.69) is 20.7 Å². The fourth-order valence-corrected chi connectivity index (χ4v) is 1.95. The number of aryl methyl sites for hydroxylation is 1. The number of aromatic nitrogens is 2. The van der Waals surface area contributed by atoms with Crippen LogP contribution in [0.5, 0.6) is 0 Å². The van der Waals surface area contributed by atoms with Gasteiger partial charge >= 0.3 is 0 Å². The number of benzene rings is 1. The van der Waals surface area contributed by atoms with Crippen molar-refractivity contribution < 1.29 is 4.39 Å². The number of nitrogens with one attached hydrogen (secondary N) is 2. The van der Waals surface area contributed by atoms with E-state index < -0.39 is 0 Å². The maximum Gasteiger partial charge on any atom is 0.191 e. The van der Waals surface area contributed by atoms with Crippen molar-refractivity contribution in [1.29, 1.82) is 0 Å². The quantitative estimate of drug-likeness (QED) is 0.346. The van der Waals surface area contributed by atoms with Crippen molar-refractivity contribution in [2.45, 2.75) is 12.1 Å². The molecule has 2 rings (SSSR count). The first kappa shape index (κ1) is 13.6. The van der Waals surface area contributed by atoms with Gasteiger partial charge < -0.3 is 10.7 Å². The molecule has 0 aliphatic heterocycles. The van der Waals surface area contributed by atoms with Gasteiger partial charge in [0.2, 0.25) is 0 Å². The van der Waals surface area contributed by atoms with Crippen LogP contribution in [0.1, 0.15) is 5.56 Å². The Morgan fingerprint density at radius 2 is 2.00 bits per heavy atom. The number of rotatable bonds is 4. The Hall–Kier alpha value is -1.86. The van der Waals surface area contributed by atoms with Crippen LogP contribution in [-0.4, -0.2) is 16.2 Å². The molecule has 7 heteroatoms. The number of nitrogens with zero attached hydrogens (tertiary/aromatic N) is 2. The van der Waals surface area contributed by atoms with Crippen molar-refractivity contribution in [3.63, 3.8) is 0 Å². The van der Waals surface area contributed by atoms with E-state index in [4.69, 9.17) is 5.84 Å². The summed E-state index contributed by atoms with van der Waals surface area (Å²) in [5.41, 5.74) is 3.66. The minimum atomic E-state index is -0.327. The number of nitrogen functional groups attached to an aromatic ring is 1. The summed E-state index contributed by atoms with van der Waals surface area (Å²) in [6.45, 7) is 1.82. The largest absolute Gasteiger partial charge is 0.337 e. The minimum Gasteiger partial charge on any atom is -0.337 e. The average molecular weight is 279 g/mol. The summed E-state index contributed by atoms with van der Waals surface area (Å²) in [5.74, 6) is 5.97. The van der Waals surface area contributed by atoms with Gasteiger partial charge in [0, 0.05) is 6.07 Å². The maximum absolute atomic E-state index is 13.7. The number of hydrogen-bond donors (Lipinski definition) is 3. The predicted molar refractivity (Wildman–Crippen MR) is 76.0 cm³/mol. The van der Waals surface area contributed by atoms with E-state index in [1.54, 1.807) is 12.1 Å². The number of anilines is 3. The maximum atomic E-state index is 13.7. The van der Waals surface area contributed by atoms with Gasteiger partial charge in [0.05, 0.1) is 5.69 Å². The molecule has 0 radical (unpaired) electrons. The Morgan fingerprint density at radius 3 is 2.63 bits per heavy atom. The summed E-state index contributed by atoms with van der Waals surface area (Å²) >= 11 is 1.38. The van der Waals surface area contributed by atoms with Gasteiger partial charge in [-0.2, -0.15) is 0 Å². The van der Waals surface area contributed by atoms with Gasteiger partial charge in [-0.15, -0.1) is 0 Å². The van der Waals surface area contributed by atoms with E-state index in [0.29, 0.717) is 22.5 Å². The zero-order valence-electron chi connectivity index (χ0n) is 10.6. The molecule has 0 saturated heterocycles. The van der Waals surface area contributed by atoms with Crippen LogP contribution >= 0.6 is 11.8 Å². The Labute approximate surface area is 114 Å². The second-order valence-corrected chi connectivity index (χ2v) is 4.60. The molecule has 5 nitrogen and oxygen atoms in total. The van der Waals surface area contributed by atoms with E-state index in [1.165, 1.54) is 17.8 Å². The highest BCUT2D eigenvalue weighted by Crippen LogP contribution is 2.24. The van der Waals surface area contributed by atoms with Gasteiger partial charge in [-0.1, -0.05) is 23.9 Å². The summed E-state index contributed by atoms with van der Waals surface area (Å²) in [7, 11) is 0. The summed E-state index contributed by atoms with van der Waals surface area (Å²) in [5, 5.41) is 3.50. The molecule has 0 amide bonds. The highest BCUT2D eigenvalue weighted by atomic mass is 32.2. The molecule has 0 aliphatic rings. The lowest BCUT2D eigenvalue weighted by molar-refractivity contribution is 0.630. The fraction of sp³-hybridized carbons (Fsp3) is 0.167. The van der Waals surface area contributed by atoms with E-state index in [1.807, 2.05) is 19.2 Å². The van der Waals surface area contributed by atoms with E-state index in [0.717, 1.165) is 5.56 Å². The number of hydrazine groups is 1. The molecule has 0 bridgehead atoms. The zero-order valence-corrected chi connectivity index (χ0v) is 11.4. The smallest absolute Gasteiger partial charge is 0.191 e. The molecule has 4 N–H and O–H groups in total. The lowest BCUT2D eigenvalue weighted by Crippen LogP contribution is -2.10. The first-order valence-electron chi connectivity index (χ1n) is 5.56. The molecular formula is C12H14FN5S. The van der Waals surface area contributed by atoms with Crippen molar-refractivity contribution in [3.05, 3.63) is 35.6 Å². The molecule has 1 aromatic carbocycles. The van der Waals surface area contributed by atoms with Crippen LogP contribution in [0.4, 0.5) is 21.7 Å². The highest BCUT2D eigenvalue weighted by Gasteiger charge is 2.08. The van der Waals surface area contributed by atoms with Crippen molar-refractivity contribution in [3.8, 4) is 0 Å². The third-order valence-electron chi connectivity index (χ3n) is 2.51. The first-order valence-corrected chi connectivity index (χ1v) is 6.78. The highest BCUT2D eigenvalue weighted by molar-refractivity contribution is 7.98. The molecule has 0 spiro atoms. The van der Waals surface area contributed by atoms with Crippen molar-refractivity contribution in [2.75, 3.05) is 17.0 Å². The first-order chi connectivity index (χ1) is 9.13. The Kier molecular flexibility index (Phi) is 4.18. The Bertz CT molecular complexity index is 548. The lowest BCUT2D eigenvalue weighted by Gasteiger charge is -2.11. The molecule has 0 aliphatic carbocycles. The molecule has 2 aromatic rings. The van der Waals surface area contributed by atoms with Crippen LogP contribution in [0.3, 0.4) is 0 Å². The molecule has 0 fully saturated rings. The summed E-state index contributed by atoms with van der Waals surface area (Å²) in [6.07, 6.45) is 1.85. The average Bonchev–Trinajstić information content (AvgIpc) is 2.42. The topological polar surface area (TPSA) is 75.9 Å². The summed E-state index contributed by atoms with van der Waals surface area (Å²) < 4.78 is 13.7. The normalized spacial score (nSPS) is 10.3. The molecule has 0 atom stereocenters. The number of nitrogens with two attached hydrogens (primary N) is 1. The minimum absolute atomic E-state index is 0.327. The third kappa shape index (κ3) is 3.12. The number of halogens is 1. The number of hydrogen-bond acceptors (Lipinski definition) is 6. The molecule has 1 aromatic heterocycles. The Morgan fingerprint density at radius 1 is 1.26 bits per heavy atom. The van der Waals surface area contributed by atoms with Gasteiger partial charge in [0.1, 0.15) is 17.5 Å². The van der Waals surface area contributed by atoms with Gasteiger partial charge in [0.15, 0.2) is 5.16 Å². The fourth-order valence-electron chi connectivity index (χ4n) is 1.57. The molecule has 0 saturated carbocycles. The van der Waals surface area contributed by atoms with Crippen LogP contribution in [0.2, 0.25) is 0 Å². The van der Waals surface area contributed by atoms with Crippen LogP contribution in [-0.2, 0) is 0 Å². The second-order valence-electron chi connectivity index (χ2n) is 3.83. The van der Waals surface area contributed by atoms with E-state index in [-0.39, 0.29) is 5.82 Å². The van der Waals surface area contributed by atoms with E-state index in [9.17, 15) is 4.39 Å². The zero-order chi connectivity index (χ0) is 13.8. The van der Waals surface area contributed by atoms with Crippen LogP contribution in [0.25, 0.3) is 0 Å². The number of para-hydroxylation sites is 1. The van der Waals surface area contributed by atoms with Crippen molar-refractivity contribution in [2.24, 2.45) is 5.84 Å². The van der Waals surface area contributed by atoms with Gasteiger partial charge in [-0.25, -0.2) is 20.2 Å². The summed E-state index contributed by atoms with van der Waals surface area (Å²) in [4.78, 5) is 8.39. The molecule has 1 heterocycles. The second kappa shape index (κ2) is 5.85. The SMILES string of the molecule is CSc1nc(NN)cc(Nc2c(C)cccc2F)n1. The monoisotopic (exact) mass is 279 g/mol. The predicted octanol–water partition coefficient (Wildman–Crippen LogP) is 2.68. The van der Waals surface area contributed by atoms with Gasteiger partial charge in [0.25, 0.3) is 0 Å². The third-order valence-corrected chi connectivity index (χ3v) is 3.06. The number of thioether (sulfide) groups is 1. The standard InChI is InChI=1S/C12H14FN5S/c1-7-4-3-5-8(13)11(7)15-9-6-10(18-14)17-12(16-9)19-2/h3-6H,14H2,1-2H3,(H2,15,16,17,18). The van der Waals surface area contributed by atoms with E-state index >= 15 is 0 Å². The van der Waals surface area contributed by atoms with Crippen LogP contribution in [0.15, 0.2) is 29.4 Å². The lowest BCUT2D eigenvalue weighted by atomic mass is 10.2. The molecular weight excluding hydrogens is 265 g/mol. The molecule has 0 unspecified atom stereocenters.